The second-order valence-corrected chi connectivity index (χ2v) is 8.82. The number of hydrogen-bond donors (Lipinski definition) is 2. The van der Waals surface area contributed by atoms with Crippen LogP contribution in [0, 0.1) is 0 Å². The molecule has 0 bridgehead atoms. The monoisotopic (exact) mass is 412 g/mol. The number of aromatic nitrogens is 3. The number of carbonyl (C=O) groups excluding carboxylic acids is 1. The maximum atomic E-state index is 12.6. The van der Waals surface area contributed by atoms with Gasteiger partial charge in [0.2, 0.25) is 0 Å². The number of amides is 1. The van der Waals surface area contributed by atoms with Crippen molar-refractivity contribution in [2.75, 3.05) is 17.7 Å². The molecule has 1 saturated heterocycles. The Morgan fingerprint density at radius 2 is 1.86 bits per heavy atom. The van der Waals surface area contributed by atoms with Crippen LogP contribution < -0.4 is 5.32 Å². The van der Waals surface area contributed by atoms with E-state index in [4.69, 9.17) is 4.74 Å². The largest absolute Gasteiger partial charge is 0.377 e. The summed E-state index contributed by atoms with van der Waals surface area (Å²) in [4.78, 5) is 12.8. The molecule has 2 N–H and O–H groups in total. The van der Waals surface area contributed by atoms with Gasteiger partial charge in [0, 0.05) is 17.9 Å². The minimum Gasteiger partial charge on any atom is -0.377 e. The van der Waals surface area contributed by atoms with E-state index in [-0.39, 0.29) is 22.4 Å². The third-order valence-electron chi connectivity index (χ3n) is 4.71. The number of nitrogens with zero attached hydrogens (tertiary/aromatic N) is 2. The van der Waals surface area contributed by atoms with E-state index in [0.717, 1.165) is 18.4 Å². The van der Waals surface area contributed by atoms with E-state index in [1.807, 2.05) is 30.3 Å². The smallest absolute Gasteiger partial charge is 0.278 e. The number of ether oxygens (including phenoxy) is 1. The zero-order valence-electron chi connectivity index (χ0n) is 15.5. The molecule has 150 valence electrons. The molecular formula is C20H20N4O4S. The fraction of sp³-hybridized carbons (Fsp3) is 0.250. The maximum absolute atomic E-state index is 12.6. The highest BCUT2D eigenvalue weighted by Crippen LogP contribution is 2.22. The van der Waals surface area contributed by atoms with Gasteiger partial charge >= 0.3 is 0 Å². The molecule has 9 heteroatoms. The van der Waals surface area contributed by atoms with Crippen molar-refractivity contribution in [3.63, 3.8) is 0 Å². The Labute approximate surface area is 168 Å². The van der Waals surface area contributed by atoms with Gasteiger partial charge < -0.3 is 10.1 Å². The van der Waals surface area contributed by atoms with Crippen molar-refractivity contribution in [2.24, 2.45) is 0 Å². The summed E-state index contributed by atoms with van der Waals surface area (Å²) < 4.78 is 30.5. The van der Waals surface area contributed by atoms with Gasteiger partial charge in [-0.2, -0.15) is 15.4 Å². The zero-order chi connectivity index (χ0) is 20.3. The van der Waals surface area contributed by atoms with Crippen LogP contribution >= 0.6 is 0 Å². The number of carbonyl (C=O) groups is 1. The summed E-state index contributed by atoms with van der Waals surface area (Å²) in [5, 5.41) is 13.2. The molecule has 8 nitrogen and oxygen atoms in total. The summed E-state index contributed by atoms with van der Waals surface area (Å²) in [5.41, 5.74) is 1.83. The molecule has 0 saturated carbocycles. The highest BCUT2D eigenvalue weighted by atomic mass is 32.2. The van der Waals surface area contributed by atoms with Crippen LogP contribution in [0.15, 0.2) is 59.5 Å². The van der Waals surface area contributed by atoms with E-state index in [1.165, 1.54) is 12.1 Å². The molecule has 29 heavy (non-hydrogen) atoms. The average molecular weight is 412 g/mol. The third kappa shape index (κ3) is 4.36. The normalized spacial score (nSPS) is 16.6. The molecule has 4 rings (SSSR count). The van der Waals surface area contributed by atoms with Gasteiger partial charge in [0.25, 0.3) is 5.91 Å². The summed E-state index contributed by atoms with van der Waals surface area (Å²) in [7, 11) is -3.44. The van der Waals surface area contributed by atoms with Crippen LogP contribution in [0.4, 0.5) is 5.69 Å². The van der Waals surface area contributed by atoms with E-state index in [2.05, 4.69) is 20.7 Å². The summed E-state index contributed by atoms with van der Waals surface area (Å²) in [6, 6.07) is 15.3. The van der Waals surface area contributed by atoms with Crippen molar-refractivity contribution in [1.29, 1.82) is 0 Å². The van der Waals surface area contributed by atoms with Gasteiger partial charge in [-0.15, -0.1) is 0 Å². The predicted octanol–water partition coefficient (Wildman–Crippen LogP) is 2.68. The summed E-state index contributed by atoms with van der Waals surface area (Å²) >= 11 is 0. The zero-order valence-corrected chi connectivity index (χ0v) is 16.4. The van der Waals surface area contributed by atoms with Crippen LogP contribution in [-0.4, -0.2) is 48.2 Å². The first kappa shape index (κ1) is 19.3. The summed E-state index contributed by atoms with van der Waals surface area (Å²) in [6.45, 7) is 0.609. The molecule has 1 aliphatic rings. The van der Waals surface area contributed by atoms with Crippen molar-refractivity contribution in [1.82, 2.24) is 15.4 Å². The lowest BCUT2D eigenvalue weighted by atomic mass is 10.1. The van der Waals surface area contributed by atoms with Crippen molar-refractivity contribution in [3.05, 3.63) is 60.3 Å². The SMILES string of the molecule is O=C(Nc1ccc(S(=O)(=O)CC2CCCO2)cc1)c1n[nH]nc1-c1ccccc1. The molecule has 1 unspecified atom stereocenters. The molecule has 2 heterocycles. The topological polar surface area (TPSA) is 114 Å². The highest BCUT2D eigenvalue weighted by Gasteiger charge is 2.25. The fourth-order valence-electron chi connectivity index (χ4n) is 3.24. The standard InChI is InChI=1S/C20H20N4O4S/c25-20(19-18(22-24-23-19)14-5-2-1-3-6-14)21-15-8-10-17(11-9-15)29(26,27)13-16-7-4-12-28-16/h1-3,5-6,8-11,16H,4,7,12-13H2,(H,21,25)(H,22,23,24). The van der Waals surface area contributed by atoms with Crippen LogP contribution in [0.25, 0.3) is 11.3 Å². The van der Waals surface area contributed by atoms with Crippen molar-refractivity contribution in [3.8, 4) is 11.3 Å². The van der Waals surface area contributed by atoms with Crippen molar-refractivity contribution in [2.45, 2.75) is 23.8 Å². The third-order valence-corrected chi connectivity index (χ3v) is 6.51. The molecular weight excluding hydrogens is 392 g/mol. The molecule has 2 aromatic carbocycles. The number of aromatic amines is 1. The number of hydrogen-bond acceptors (Lipinski definition) is 6. The van der Waals surface area contributed by atoms with Crippen LogP contribution in [0.2, 0.25) is 0 Å². The van der Waals surface area contributed by atoms with Gasteiger partial charge in [0.1, 0.15) is 5.69 Å². The molecule has 0 aliphatic carbocycles. The van der Waals surface area contributed by atoms with E-state index in [1.54, 1.807) is 12.1 Å². The van der Waals surface area contributed by atoms with Crippen molar-refractivity contribution < 1.29 is 17.9 Å². The first-order valence-corrected chi connectivity index (χ1v) is 10.9. The van der Waals surface area contributed by atoms with Gasteiger partial charge in [0.15, 0.2) is 15.5 Å². The van der Waals surface area contributed by atoms with E-state index in [9.17, 15) is 13.2 Å². The van der Waals surface area contributed by atoms with Gasteiger partial charge in [-0.3, -0.25) is 4.79 Å². The number of nitrogens with one attached hydrogen (secondary N) is 2. The first-order chi connectivity index (χ1) is 14.0. The average Bonchev–Trinajstić information content (AvgIpc) is 3.41. The molecule has 1 amide bonds. The quantitative estimate of drug-likeness (QED) is 0.643. The van der Waals surface area contributed by atoms with E-state index >= 15 is 0 Å². The summed E-state index contributed by atoms with van der Waals surface area (Å²) in [5.74, 6) is -0.467. The Hall–Kier alpha value is -3.04. The first-order valence-electron chi connectivity index (χ1n) is 9.25. The summed E-state index contributed by atoms with van der Waals surface area (Å²) in [6.07, 6.45) is 1.40. The Balaban J connectivity index is 1.47. The number of sulfone groups is 1. The number of anilines is 1. The number of rotatable bonds is 6. The minimum absolute atomic E-state index is 0.0297. The Kier molecular flexibility index (Phi) is 5.41. The fourth-order valence-corrected chi connectivity index (χ4v) is 4.73. The highest BCUT2D eigenvalue weighted by molar-refractivity contribution is 7.91. The minimum atomic E-state index is -3.44. The number of H-pyrrole nitrogens is 1. The second-order valence-electron chi connectivity index (χ2n) is 6.78. The van der Waals surface area contributed by atoms with E-state index in [0.29, 0.717) is 18.0 Å². The predicted molar refractivity (Wildman–Crippen MR) is 107 cm³/mol. The van der Waals surface area contributed by atoms with Crippen LogP contribution in [-0.2, 0) is 14.6 Å². The molecule has 1 atom stereocenters. The lowest BCUT2D eigenvalue weighted by Crippen LogP contribution is -2.20. The molecule has 1 fully saturated rings. The van der Waals surface area contributed by atoms with Crippen molar-refractivity contribution >= 4 is 21.4 Å². The Morgan fingerprint density at radius 3 is 2.55 bits per heavy atom. The lowest BCUT2D eigenvalue weighted by Gasteiger charge is -2.11. The maximum Gasteiger partial charge on any atom is 0.278 e. The second kappa shape index (κ2) is 8.14. The van der Waals surface area contributed by atoms with Crippen LogP contribution in [0.5, 0.6) is 0 Å². The molecule has 0 radical (unpaired) electrons. The molecule has 3 aromatic rings. The van der Waals surface area contributed by atoms with Crippen LogP contribution in [0.3, 0.4) is 0 Å². The van der Waals surface area contributed by atoms with Gasteiger partial charge in [-0.25, -0.2) is 8.42 Å². The van der Waals surface area contributed by atoms with E-state index < -0.39 is 15.7 Å². The van der Waals surface area contributed by atoms with Gasteiger partial charge in [-0.05, 0) is 37.1 Å². The lowest BCUT2D eigenvalue weighted by molar-refractivity contribution is 0.102. The molecule has 0 spiro atoms. The molecule has 1 aliphatic heterocycles. The Bertz CT molecular complexity index is 1090. The van der Waals surface area contributed by atoms with Gasteiger partial charge in [0.05, 0.1) is 16.8 Å². The van der Waals surface area contributed by atoms with Crippen LogP contribution in [0.1, 0.15) is 23.3 Å². The number of benzene rings is 2. The molecule has 1 aromatic heterocycles. The van der Waals surface area contributed by atoms with Gasteiger partial charge in [-0.1, -0.05) is 30.3 Å². The Morgan fingerprint density at radius 1 is 1.10 bits per heavy atom.